The lowest BCUT2D eigenvalue weighted by atomic mass is 10.1. The minimum Gasteiger partial charge on any atom is -0.416 e. The number of allylic oxidation sites excluding steroid dienone is 1. The lowest BCUT2D eigenvalue weighted by Gasteiger charge is -2.17. The molecule has 2 aromatic carbocycles. The van der Waals surface area contributed by atoms with Gasteiger partial charge >= 0.3 is 6.09 Å². The van der Waals surface area contributed by atoms with Crippen LogP contribution in [0.5, 0.6) is 0 Å². The topological polar surface area (TPSA) is 89.4 Å². The summed E-state index contributed by atoms with van der Waals surface area (Å²) in [6.07, 6.45) is 3.68. The molecule has 4 aromatic rings. The third-order valence-electron chi connectivity index (χ3n) is 5.84. The quantitative estimate of drug-likeness (QED) is 0.338. The second-order valence-corrected chi connectivity index (χ2v) is 10.3. The maximum Gasteiger partial charge on any atom is 0.414 e. The highest BCUT2D eigenvalue weighted by Gasteiger charge is 2.28. The number of carbonyl (C=O) groups is 1. The van der Waals surface area contributed by atoms with Gasteiger partial charge in [0.05, 0.1) is 33.1 Å². The van der Waals surface area contributed by atoms with Gasteiger partial charge in [0.2, 0.25) is 5.95 Å². The zero-order chi connectivity index (χ0) is 25.2. The summed E-state index contributed by atoms with van der Waals surface area (Å²) in [6, 6.07) is 17.0. The van der Waals surface area contributed by atoms with Crippen molar-refractivity contribution in [1.29, 1.82) is 0 Å². The molecule has 2 aromatic heterocycles. The first-order valence-electron chi connectivity index (χ1n) is 11.4. The van der Waals surface area contributed by atoms with Crippen molar-refractivity contribution in [2.75, 3.05) is 18.4 Å². The van der Waals surface area contributed by atoms with Gasteiger partial charge in [0.15, 0.2) is 11.0 Å². The Balaban J connectivity index is 1.44. The van der Waals surface area contributed by atoms with Crippen LogP contribution in [0.2, 0.25) is 5.02 Å². The van der Waals surface area contributed by atoms with Crippen LogP contribution in [0, 0.1) is 0 Å². The highest BCUT2D eigenvalue weighted by atomic mass is 35.5. The maximum atomic E-state index is 13.4. The molecule has 0 bridgehead atoms. The molecule has 2 unspecified atom stereocenters. The first-order chi connectivity index (χ1) is 17.4. The number of ether oxygens (including phenoxy) is 1. The molecule has 5 rings (SSSR count). The van der Waals surface area contributed by atoms with E-state index in [-0.39, 0.29) is 6.04 Å². The minimum absolute atomic E-state index is 0.0383. The third-order valence-corrected chi connectivity index (χ3v) is 7.45. The molecule has 8 nitrogen and oxygen atoms in total. The normalized spacial score (nSPS) is 16.2. The Morgan fingerprint density at radius 1 is 1.19 bits per heavy atom. The molecule has 2 atom stereocenters. The average Bonchev–Trinajstić information content (AvgIpc) is 3.50. The zero-order valence-corrected chi connectivity index (χ0v) is 21.1. The molecule has 184 valence electrons. The molecular formula is C26H24ClN5O3S. The molecule has 36 heavy (non-hydrogen) atoms. The van der Waals surface area contributed by atoms with E-state index in [9.17, 15) is 9.00 Å². The van der Waals surface area contributed by atoms with Crippen molar-refractivity contribution in [2.24, 2.45) is 0 Å². The number of nitrogens with one attached hydrogen (secondary N) is 1. The Morgan fingerprint density at radius 3 is 2.72 bits per heavy atom. The molecule has 0 saturated carbocycles. The first kappa shape index (κ1) is 24.0. The van der Waals surface area contributed by atoms with Gasteiger partial charge in [-0.3, -0.25) is 3.97 Å². The molecule has 3 heterocycles. The van der Waals surface area contributed by atoms with Crippen molar-refractivity contribution in [2.45, 2.75) is 24.3 Å². The molecular weight excluding hydrogens is 498 g/mol. The van der Waals surface area contributed by atoms with Crippen LogP contribution in [0.4, 0.5) is 10.7 Å². The smallest absolute Gasteiger partial charge is 0.414 e. The number of aromatic nitrogens is 3. The predicted octanol–water partition coefficient (Wildman–Crippen LogP) is 5.48. The van der Waals surface area contributed by atoms with Crippen LogP contribution in [0.15, 0.2) is 84.2 Å². The van der Waals surface area contributed by atoms with Crippen molar-refractivity contribution < 1.29 is 13.7 Å². The van der Waals surface area contributed by atoms with E-state index in [0.717, 1.165) is 22.9 Å². The van der Waals surface area contributed by atoms with Crippen LogP contribution in [0.25, 0.3) is 22.2 Å². The minimum atomic E-state index is -1.44. The van der Waals surface area contributed by atoms with Crippen molar-refractivity contribution in [3.05, 3.63) is 84.4 Å². The van der Waals surface area contributed by atoms with Crippen LogP contribution < -0.4 is 5.32 Å². The van der Waals surface area contributed by atoms with E-state index < -0.39 is 17.1 Å². The van der Waals surface area contributed by atoms with E-state index in [1.165, 1.54) is 0 Å². The van der Waals surface area contributed by atoms with Crippen LogP contribution >= 0.6 is 11.6 Å². The van der Waals surface area contributed by atoms with Gasteiger partial charge < -0.3 is 15.0 Å². The first-order valence-corrected chi connectivity index (χ1v) is 12.9. The van der Waals surface area contributed by atoms with Gasteiger partial charge in [0.1, 0.15) is 0 Å². The molecule has 0 spiro atoms. The monoisotopic (exact) mass is 521 g/mol. The number of fused-ring (bicyclic) bond motifs is 1. The fraction of sp³-hybridized carbons (Fsp3) is 0.192. The Hall–Kier alpha value is -3.69. The van der Waals surface area contributed by atoms with Gasteiger partial charge in [-0.1, -0.05) is 54.6 Å². The van der Waals surface area contributed by atoms with Crippen molar-refractivity contribution in [3.63, 3.8) is 0 Å². The molecule has 0 radical (unpaired) electrons. The zero-order valence-electron chi connectivity index (χ0n) is 19.6. The summed E-state index contributed by atoms with van der Waals surface area (Å²) >= 11 is 6.55. The summed E-state index contributed by atoms with van der Waals surface area (Å²) in [6.45, 7) is 6.27. The Kier molecular flexibility index (Phi) is 6.75. The largest absolute Gasteiger partial charge is 0.416 e. The van der Waals surface area contributed by atoms with Gasteiger partial charge in [0.25, 0.3) is 0 Å². The summed E-state index contributed by atoms with van der Waals surface area (Å²) in [5, 5.41) is 4.56. The van der Waals surface area contributed by atoms with Crippen molar-refractivity contribution in [1.82, 2.24) is 18.8 Å². The predicted molar refractivity (Wildman–Crippen MR) is 141 cm³/mol. The number of hydrogen-bond donors (Lipinski definition) is 1. The van der Waals surface area contributed by atoms with E-state index in [2.05, 4.69) is 16.9 Å². The number of amides is 1. The van der Waals surface area contributed by atoms with E-state index in [0.29, 0.717) is 40.4 Å². The van der Waals surface area contributed by atoms with Gasteiger partial charge in [-0.15, -0.1) is 0 Å². The van der Waals surface area contributed by atoms with Crippen LogP contribution in [-0.4, -0.2) is 48.3 Å². The number of carbonyl (C=O) groups excluding carboxylic acids is 1. The summed E-state index contributed by atoms with van der Waals surface area (Å²) in [5.74, 6) is 0.755. The van der Waals surface area contributed by atoms with Crippen molar-refractivity contribution >= 4 is 45.5 Å². The number of likely N-dealkylation sites (tertiary alicyclic amines) is 1. The Labute approximate surface area is 216 Å². The summed E-state index contributed by atoms with van der Waals surface area (Å²) in [4.78, 5) is 23.5. The fourth-order valence-electron chi connectivity index (χ4n) is 4.19. The number of nitrogens with zero attached hydrogens (tertiary/aromatic N) is 4. The summed E-state index contributed by atoms with van der Waals surface area (Å²) in [7, 11) is -1.44. The highest BCUT2D eigenvalue weighted by Crippen LogP contribution is 2.35. The van der Waals surface area contributed by atoms with Gasteiger partial charge in [-0.05, 0) is 31.5 Å². The van der Waals surface area contributed by atoms with Crippen LogP contribution in [0.1, 0.15) is 13.3 Å². The molecule has 1 saturated heterocycles. The number of benzene rings is 2. The second-order valence-electron chi connectivity index (χ2n) is 8.48. The molecule has 1 N–H and O–H groups in total. The van der Waals surface area contributed by atoms with E-state index in [4.69, 9.17) is 21.3 Å². The lowest BCUT2D eigenvalue weighted by molar-refractivity contribution is 0.138. The third kappa shape index (κ3) is 4.84. The molecule has 0 aliphatic carbocycles. The molecule has 1 fully saturated rings. The van der Waals surface area contributed by atoms with Gasteiger partial charge in [-0.2, -0.15) is 0 Å². The standard InChI is InChI=1S/C26H24ClN5O3S/c1-17(2)35-26(33)31-13-12-18(15-31)29-25-28-14-22(27)24(30-25)21-16-32(23-11-7-6-10-20(21)23)36(34)19-8-4-3-5-9-19/h3-11,14,16,18H,1,12-13,15H2,2H3,(H,28,29,30). The number of hydrogen-bond acceptors (Lipinski definition) is 6. The van der Waals surface area contributed by atoms with Crippen LogP contribution in [-0.2, 0) is 15.7 Å². The maximum absolute atomic E-state index is 13.4. The SMILES string of the molecule is C=C(C)OC(=O)N1CCC(Nc2ncc(Cl)c(-c3cn(S(=O)c4ccccc4)c4ccccc34)n2)C1. The summed E-state index contributed by atoms with van der Waals surface area (Å²) < 4.78 is 20.2. The fourth-order valence-corrected chi connectivity index (χ4v) is 5.54. The van der Waals surface area contributed by atoms with E-state index >= 15 is 0 Å². The van der Waals surface area contributed by atoms with Gasteiger partial charge in [0, 0.05) is 36.3 Å². The Morgan fingerprint density at radius 2 is 1.94 bits per heavy atom. The molecule has 1 amide bonds. The molecule has 10 heteroatoms. The van der Waals surface area contributed by atoms with E-state index in [1.54, 1.807) is 22.0 Å². The average molecular weight is 522 g/mol. The van der Waals surface area contributed by atoms with Crippen molar-refractivity contribution in [3.8, 4) is 11.3 Å². The van der Waals surface area contributed by atoms with Crippen LogP contribution in [0.3, 0.4) is 0 Å². The second kappa shape index (κ2) is 10.1. The summed E-state index contributed by atoms with van der Waals surface area (Å²) in [5.41, 5.74) is 2.09. The number of rotatable bonds is 6. The lowest BCUT2D eigenvalue weighted by Crippen LogP contribution is -2.32. The van der Waals surface area contributed by atoms with Gasteiger partial charge in [-0.25, -0.2) is 19.0 Å². The number of anilines is 1. The Bertz CT molecular complexity index is 1470. The molecule has 1 aliphatic heterocycles. The van der Waals surface area contributed by atoms with E-state index in [1.807, 2.05) is 60.8 Å². The highest BCUT2D eigenvalue weighted by molar-refractivity contribution is 7.83. The number of halogens is 1. The number of para-hydroxylation sites is 1. The molecule has 1 aliphatic rings.